The summed E-state index contributed by atoms with van der Waals surface area (Å²) in [5.74, 6) is 2.66. The molecule has 1 fully saturated rings. The van der Waals surface area contributed by atoms with Crippen molar-refractivity contribution in [3.63, 3.8) is 0 Å². The molecular formula is C21H23N3O3S. The van der Waals surface area contributed by atoms with Crippen LogP contribution in [0.3, 0.4) is 0 Å². The van der Waals surface area contributed by atoms with Crippen LogP contribution in [0.2, 0.25) is 0 Å². The Balaban J connectivity index is 1.37. The van der Waals surface area contributed by atoms with E-state index < -0.39 is 0 Å². The molecule has 0 aliphatic heterocycles. The van der Waals surface area contributed by atoms with E-state index in [0.717, 1.165) is 16.2 Å². The normalized spacial score (nSPS) is 14.6. The molecule has 1 aliphatic rings. The van der Waals surface area contributed by atoms with E-state index in [4.69, 9.17) is 9.26 Å². The highest BCUT2D eigenvalue weighted by Gasteiger charge is 2.34. The third-order valence-corrected chi connectivity index (χ3v) is 5.96. The molecule has 1 aliphatic carbocycles. The van der Waals surface area contributed by atoms with E-state index in [-0.39, 0.29) is 18.4 Å². The van der Waals surface area contributed by atoms with Crippen LogP contribution in [-0.4, -0.2) is 23.2 Å². The van der Waals surface area contributed by atoms with E-state index in [9.17, 15) is 4.79 Å². The molecule has 1 aromatic carbocycles. The summed E-state index contributed by atoms with van der Waals surface area (Å²) >= 11 is 1.55. The Hall–Kier alpha value is -2.67. The standard InChI is InChI=1S/C21H23N3O3S/c1-13-10-15(7-8-17(13)26-2)16(14-5-6-14)11-19(25)22-12-20-23-21(24-27-20)18-4-3-9-28-18/h3-4,7-10,14,16H,5-6,11-12H2,1-2H3,(H,22,25). The number of carbonyl (C=O) groups is 1. The number of nitrogens with zero attached hydrogens (tertiary/aromatic N) is 2. The average molecular weight is 398 g/mol. The zero-order valence-corrected chi connectivity index (χ0v) is 16.8. The van der Waals surface area contributed by atoms with Crippen molar-refractivity contribution in [2.24, 2.45) is 5.92 Å². The number of methoxy groups -OCH3 is 1. The molecule has 3 aromatic rings. The summed E-state index contributed by atoms with van der Waals surface area (Å²) in [4.78, 5) is 17.8. The molecule has 0 radical (unpaired) electrons. The smallest absolute Gasteiger partial charge is 0.246 e. The molecule has 0 spiro atoms. The highest BCUT2D eigenvalue weighted by Crippen LogP contribution is 2.45. The van der Waals surface area contributed by atoms with Gasteiger partial charge in [0, 0.05) is 6.42 Å². The molecule has 2 aromatic heterocycles. The Morgan fingerprint density at radius 1 is 1.39 bits per heavy atom. The van der Waals surface area contributed by atoms with Crippen molar-refractivity contribution >= 4 is 17.2 Å². The lowest BCUT2D eigenvalue weighted by Crippen LogP contribution is -2.25. The summed E-state index contributed by atoms with van der Waals surface area (Å²) in [7, 11) is 1.68. The van der Waals surface area contributed by atoms with Crippen LogP contribution in [0.1, 0.15) is 42.2 Å². The minimum Gasteiger partial charge on any atom is -0.496 e. The van der Waals surface area contributed by atoms with Crippen LogP contribution in [0, 0.1) is 12.8 Å². The fourth-order valence-electron chi connectivity index (χ4n) is 3.47. The first-order valence-corrected chi connectivity index (χ1v) is 10.3. The Labute approximate surface area is 167 Å². The Morgan fingerprint density at radius 2 is 2.25 bits per heavy atom. The van der Waals surface area contributed by atoms with E-state index in [1.807, 2.05) is 30.5 Å². The number of carbonyl (C=O) groups excluding carboxylic acids is 1. The number of hydrogen-bond donors (Lipinski definition) is 1. The van der Waals surface area contributed by atoms with Crippen molar-refractivity contribution in [2.45, 2.75) is 38.6 Å². The molecule has 1 unspecified atom stereocenters. The molecule has 1 saturated carbocycles. The van der Waals surface area contributed by atoms with Gasteiger partial charge in [0.15, 0.2) is 0 Å². The number of aromatic nitrogens is 2. The maximum absolute atomic E-state index is 12.6. The quantitative estimate of drug-likeness (QED) is 0.613. The monoisotopic (exact) mass is 397 g/mol. The van der Waals surface area contributed by atoms with Gasteiger partial charge >= 0.3 is 0 Å². The number of hydrogen-bond acceptors (Lipinski definition) is 6. The van der Waals surface area contributed by atoms with Crippen LogP contribution >= 0.6 is 11.3 Å². The number of thiophene rings is 1. The summed E-state index contributed by atoms with van der Waals surface area (Å²) in [5.41, 5.74) is 2.30. The highest BCUT2D eigenvalue weighted by atomic mass is 32.1. The molecule has 4 rings (SSSR count). The number of benzene rings is 1. The molecule has 146 valence electrons. The molecule has 7 heteroatoms. The topological polar surface area (TPSA) is 77.2 Å². The molecule has 6 nitrogen and oxygen atoms in total. The molecular weight excluding hydrogens is 374 g/mol. The van der Waals surface area contributed by atoms with Gasteiger partial charge in [-0.2, -0.15) is 4.98 Å². The first-order valence-electron chi connectivity index (χ1n) is 9.41. The molecule has 28 heavy (non-hydrogen) atoms. The molecule has 0 saturated heterocycles. The predicted octanol–water partition coefficient (Wildman–Crippen LogP) is 4.32. The van der Waals surface area contributed by atoms with Crippen molar-refractivity contribution < 1.29 is 14.1 Å². The summed E-state index contributed by atoms with van der Waals surface area (Å²) in [6, 6.07) is 10.1. The van der Waals surface area contributed by atoms with Crippen LogP contribution in [0.4, 0.5) is 0 Å². The first kappa shape index (κ1) is 18.7. The van der Waals surface area contributed by atoms with Crippen LogP contribution in [0.5, 0.6) is 5.75 Å². The van der Waals surface area contributed by atoms with E-state index in [0.29, 0.717) is 24.1 Å². The average Bonchev–Trinajstić information content (AvgIpc) is 3.18. The van der Waals surface area contributed by atoms with Gasteiger partial charge in [-0.15, -0.1) is 11.3 Å². The summed E-state index contributed by atoms with van der Waals surface area (Å²) in [6.45, 7) is 2.28. The Morgan fingerprint density at radius 3 is 2.93 bits per heavy atom. The maximum Gasteiger partial charge on any atom is 0.246 e. The zero-order valence-electron chi connectivity index (χ0n) is 16.0. The van der Waals surface area contributed by atoms with Gasteiger partial charge in [0.1, 0.15) is 5.75 Å². The number of amides is 1. The van der Waals surface area contributed by atoms with Gasteiger partial charge in [-0.1, -0.05) is 23.4 Å². The minimum absolute atomic E-state index is 0.00115. The summed E-state index contributed by atoms with van der Waals surface area (Å²) < 4.78 is 10.6. The number of ether oxygens (including phenoxy) is 1. The lowest BCUT2D eigenvalue weighted by Gasteiger charge is -2.18. The van der Waals surface area contributed by atoms with E-state index in [2.05, 4.69) is 27.6 Å². The van der Waals surface area contributed by atoms with Crippen LogP contribution in [-0.2, 0) is 11.3 Å². The van der Waals surface area contributed by atoms with Crippen LogP contribution in [0.15, 0.2) is 40.2 Å². The van der Waals surface area contributed by atoms with Gasteiger partial charge in [-0.25, -0.2) is 0 Å². The highest BCUT2D eigenvalue weighted by molar-refractivity contribution is 7.13. The van der Waals surface area contributed by atoms with E-state index in [1.54, 1.807) is 18.4 Å². The molecule has 1 amide bonds. The lowest BCUT2D eigenvalue weighted by atomic mass is 9.89. The van der Waals surface area contributed by atoms with Crippen LogP contribution in [0.25, 0.3) is 10.7 Å². The summed E-state index contributed by atoms with van der Waals surface area (Å²) in [5, 5.41) is 8.86. The fourth-order valence-corrected chi connectivity index (χ4v) is 4.12. The van der Waals surface area contributed by atoms with Crippen molar-refractivity contribution in [3.8, 4) is 16.5 Å². The largest absolute Gasteiger partial charge is 0.496 e. The third kappa shape index (κ3) is 4.25. The van der Waals surface area contributed by atoms with Crippen molar-refractivity contribution in [3.05, 3.63) is 52.7 Å². The second kappa shape index (κ2) is 8.14. The second-order valence-corrected chi connectivity index (χ2v) is 8.09. The molecule has 1 atom stereocenters. The Bertz CT molecular complexity index is 948. The second-order valence-electron chi connectivity index (χ2n) is 7.14. The number of aryl methyl sites for hydroxylation is 1. The first-order chi connectivity index (χ1) is 13.6. The molecule has 0 bridgehead atoms. The van der Waals surface area contributed by atoms with Crippen molar-refractivity contribution in [1.82, 2.24) is 15.5 Å². The SMILES string of the molecule is COc1ccc(C(CC(=O)NCc2nc(-c3cccs3)no2)C2CC2)cc1C. The van der Waals surface area contributed by atoms with Crippen molar-refractivity contribution in [2.75, 3.05) is 7.11 Å². The maximum atomic E-state index is 12.6. The molecule has 2 heterocycles. The lowest BCUT2D eigenvalue weighted by molar-refractivity contribution is -0.121. The number of rotatable bonds is 8. The fraction of sp³-hybridized carbons (Fsp3) is 0.381. The summed E-state index contributed by atoms with van der Waals surface area (Å²) in [6.07, 6.45) is 2.82. The Kier molecular flexibility index (Phi) is 5.43. The van der Waals surface area contributed by atoms with Crippen molar-refractivity contribution in [1.29, 1.82) is 0 Å². The van der Waals surface area contributed by atoms with Gasteiger partial charge in [0.25, 0.3) is 0 Å². The van der Waals surface area contributed by atoms with Gasteiger partial charge in [0.05, 0.1) is 18.5 Å². The van der Waals surface area contributed by atoms with Gasteiger partial charge in [0.2, 0.25) is 17.6 Å². The third-order valence-electron chi connectivity index (χ3n) is 5.09. The zero-order chi connectivity index (χ0) is 19.5. The van der Waals surface area contributed by atoms with E-state index >= 15 is 0 Å². The number of nitrogens with one attached hydrogen (secondary N) is 1. The predicted molar refractivity (Wildman–Crippen MR) is 107 cm³/mol. The van der Waals surface area contributed by atoms with Gasteiger partial charge in [-0.05, 0) is 60.2 Å². The van der Waals surface area contributed by atoms with E-state index in [1.165, 1.54) is 18.4 Å². The van der Waals surface area contributed by atoms with Gasteiger partial charge < -0.3 is 14.6 Å². The molecule has 1 N–H and O–H groups in total. The van der Waals surface area contributed by atoms with Gasteiger partial charge in [-0.3, -0.25) is 4.79 Å². The minimum atomic E-state index is 0.00115. The van der Waals surface area contributed by atoms with Crippen LogP contribution < -0.4 is 10.1 Å².